The fraction of sp³-hybridized carbons (Fsp3) is 0.455. The van der Waals surface area contributed by atoms with Crippen molar-refractivity contribution in [2.75, 3.05) is 19.4 Å². The Morgan fingerprint density at radius 1 is 1.26 bits per heavy atom. The van der Waals surface area contributed by atoms with E-state index in [1.807, 2.05) is 0 Å². The monoisotopic (exact) mass is 334 g/mol. The Labute approximate surface area is 133 Å². The summed E-state index contributed by atoms with van der Waals surface area (Å²) in [6, 6.07) is 4.28. The van der Waals surface area contributed by atoms with E-state index in [2.05, 4.69) is 9.05 Å². The molecular weight excluding hydrogens is 307 g/mol. The van der Waals surface area contributed by atoms with E-state index in [0.29, 0.717) is 0 Å². The Hall–Kier alpha value is -0.460. The van der Waals surface area contributed by atoms with Crippen LogP contribution in [0.15, 0.2) is 29.2 Å². The standard InChI is InChI=1S/C11H17O5PS2/c1-4-14-17(18,15-5-2)16-10-6-8-11(9-7-10)19(3,12)13/h6-9H,4-5H2,1-3H3/i1D3,2D3,4D2,5D2. The molecule has 108 valence electrons. The average molecular weight is 334 g/mol. The highest BCUT2D eigenvalue weighted by molar-refractivity contribution is 8.07. The maximum atomic E-state index is 11.5. The zero-order valence-electron chi connectivity index (χ0n) is 19.6. The smallest absolute Gasteiger partial charge is 0.380 e. The van der Waals surface area contributed by atoms with Gasteiger partial charge in [0.25, 0.3) is 0 Å². The van der Waals surface area contributed by atoms with Gasteiger partial charge in [0.2, 0.25) is 0 Å². The summed E-state index contributed by atoms with van der Waals surface area (Å²) >= 11 is 4.87. The van der Waals surface area contributed by atoms with Crippen LogP contribution in [0.4, 0.5) is 0 Å². The zero-order valence-corrected chi connectivity index (χ0v) is 12.1. The van der Waals surface area contributed by atoms with Crippen LogP contribution in [-0.2, 0) is 30.7 Å². The van der Waals surface area contributed by atoms with Gasteiger partial charge in [0.1, 0.15) is 5.75 Å². The van der Waals surface area contributed by atoms with Gasteiger partial charge in [-0.2, -0.15) is 0 Å². The van der Waals surface area contributed by atoms with E-state index in [4.69, 9.17) is 30.0 Å². The molecule has 0 unspecified atom stereocenters. The summed E-state index contributed by atoms with van der Waals surface area (Å²) in [5, 5.41) is 0. The largest absolute Gasteiger partial charge is 0.424 e. The number of rotatable bonds is 7. The highest BCUT2D eigenvalue weighted by Crippen LogP contribution is 2.49. The molecule has 0 saturated carbocycles. The molecule has 0 aliphatic carbocycles. The maximum absolute atomic E-state index is 11.5. The minimum atomic E-state index is -4.72. The van der Waals surface area contributed by atoms with E-state index in [1.165, 1.54) is 0 Å². The molecule has 0 aromatic heterocycles. The van der Waals surface area contributed by atoms with Gasteiger partial charge in [-0.15, -0.1) is 0 Å². The van der Waals surface area contributed by atoms with Crippen LogP contribution in [0.25, 0.3) is 0 Å². The molecule has 0 aliphatic heterocycles. The number of benzene rings is 1. The third-order valence-electron chi connectivity index (χ3n) is 1.78. The SMILES string of the molecule is [2H]C([2H])([2H])C([2H])([2H])OP(=S)(Oc1ccc(S(C)(=O)=O)cc1)OC([2H])([2H])C([2H])([2H])[2H]. The first-order chi connectivity index (χ1) is 12.6. The van der Waals surface area contributed by atoms with Crippen LogP contribution in [0.2, 0.25) is 0 Å². The summed E-state index contributed by atoms with van der Waals surface area (Å²) < 4.78 is 111. The third-order valence-corrected chi connectivity index (χ3v) is 4.65. The second kappa shape index (κ2) is 6.81. The average Bonchev–Trinajstić information content (AvgIpc) is 2.42. The van der Waals surface area contributed by atoms with Gasteiger partial charge in [0, 0.05) is 26.3 Å². The van der Waals surface area contributed by atoms with Gasteiger partial charge in [0.05, 0.1) is 23.5 Å². The van der Waals surface area contributed by atoms with Gasteiger partial charge in [-0.05, 0) is 38.0 Å². The first-order valence-electron chi connectivity index (χ1n) is 9.61. The quantitative estimate of drug-likeness (QED) is 0.715. The van der Waals surface area contributed by atoms with Crippen LogP contribution in [0.3, 0.4) is 0 Å². The molecular formula is C11H17O5PS2. The third kappa shape index (κ3) is 5.20. The molecule has 5 nitrogen and oxygen atoms in total. The molecule has 8 heteroatoms. The van der Waals surface area contributed by atoms with Crippen molar-refractivity contribution in [2.24, 2.45) is 0 Å². The second-order valence-electron chi connectivity index (χ2n) is 3.17. The Morgan fingerprint density at radius 2 is 1.79 bits per heavy atom. The van der Waals surface area contributed by atoms with Crippen LogP contribution >= 0.6 is 6.72 Å². The normalized spacial score (nSPS) is 23.0. The van der Waals surface area contributed by atoms with Crippen LogP contribution in [0.5, 0.6) is 5.75 Å². The van der Waals surface area contributed by atoms with Crippen molar-refractivity contribution >= 4 is 28.4 Å². The Kier molecular flexibility index (Phi) is 2.51. The summed E-state index contributed by atoms with van der Waals surface area (Å²) in [5.41, 5.74) is 0. The van der Waals surface area contributed by atoms with E-state index in [0.717, 1.165) is 30.5 Å². The number of sulfone groups is 1. The predicted molar refractivity (Wildman–Crippen MR) is 77.7 cm³/mol. The van der Waals surface area contributed by atoms with Crippen molar-refractivity contribution in [3.8, 4) is 5.75 Å². The molecule has 0 saturated heterocycles. The highest BCUT2D eigenvalue weighted by Gasteiger charge is 2.21. The molecule has 0 spiro atoms. The van der Waals surface area contributed by atoms with Crippen molar-refractivity contribution in [1.82, 2.24) is 0 Å². The maximum Gasteiger partial charge on any atom is 0.380 e. The molecule has 0 bridgehead atoms. The lowest BCUT2D eigenvalue weighted by atomic mass is 10.3. The summed E-state index contributed by atoms with van der Waals surface area (Å²) in [6.07, 6.45) is 0.940. The molecule has 0 N–H and O–H groups in total. The van der Waals surface area contributed by atoms with Crippen LogP contribution in [0, 0.1) is 0 Å². The predicted octanol–water partition coefficient (Wildman–Crippen LogP) is 2.77. The Bertz CT molecular complexity index is 847. The van der Waals surface area contributed by atoms with Gasteiger partial charge in [-0.1, -0.05) is 0 Å². The lowest BCUT2D eigenvalue weighted by Crippen LogP contribution is -2.02. The molecule has 1 aromatic rings. The van der Waals surface area contributed by atoms with Gasteiger partial charge in [-0.3, -0.25) is 9.05 Å². The second-order valence-corrected chi connectivity index (χ2v) is 7.97. The molecule has 0 heterocycles. The lowest BCUT2D eigenvalue weighted by molar-refractivity contribution is 0.218. The lowest BCUT2D eigenvalue weighted by Gasteiger charge is -2.21. The van der Waals surface area contributed by atoms with Gasteiger partial charge in [-0.25, -0.2) is 8.42 Å². The van der Waals surface area contributed by atoms with Crippen LogP contribution < -0.4 is 4.52 Å². The van der Waals surface area contributed by atoms with Crippen LogP contribution in [-0.4, -0.2) is 27.8 Å². The fourth-order valence-electron chi connectivity index (χ4n) is 1.04. The van der Waals surface area contributed by atoms with Gasteiger partial charge < -0.3 is 4.52 Å². The molecule has 1 aromatic carbocycles. The Balaban J connectivity index is 3.35. The van der Waals surface area contributed by atoms with E-state index >= 15 is 0 Å². The molecule has 1 rings (SSSR count). The van der Waals surface area contributed by atoms with Crippen LogP contribution in [0.1, 0.15) is 27.4 Å². The first-order valence-corrected chi connectivity index (χ1v) is 9.06. The molecule has 0 amide bonds. The van der Waals surface area contributed by atoms with E-state index in [1.54, 1.807) is 0 Å². The van der Waals surface area contributed by atoms with Gasteiger partial charge >= 0.3 is 6.72 Å². The molecule has 0 fully saturated rings. The topological polar surface area (TPSA) is 61.8 Å². The minimum absolute atomic E-state index is 0.115. The number of hydrogen-bond donors (Lipinski definition) is 0. The van der Waals surface area contributed by atoms with Crippen molar-refractivity contribution in [1.29, 1.82) is 0 Å². The first kappa shape index (κ1) is 7.00. The van der Waals surface area contributed by atoms with Crippen molar-refractivity contribution < 1.29 is 35.7 Å². The summed E-state index contributed by atoms with van der Waals surface area (Å²) in [4.78, 5) is -0.115. The molecule has 19 heavy (non-hydrogen) atoms. The zero-order chi connectivity index (χ0) is 23.1. The van der Waals surface area contributed by atoms with E-state index < -0.39 is 43.4 Å². The summed E-state index contributed by atoms with van der Waals surface area (Å²) in [5.74, 6) is -0.289. The van der Waals surface area contributed by atoms with Gasteiger partial charge in [0.15, 0.2) is 9.84 Å². The van der Waals surface area contributed by atoms with Crippen molar-refractivity contribution in [3.05, 3.63) is 24.3 Å². The van der Waals surface area contributed by atoms with Crippen molar-refractivity contribution in [3.63, 3.8) is 0 Å². The summed E-state index contributed by atoms with van der Waals surface area (Å²) in [7, 11) is -3.56. The molecule has 0 atom stereocenters. The summed E-state index contributed by atoms with van der Waals surface area (Å²) in [6.45, 7) is -18.4. The highest BCUT2D eigenvalue weighted by atomic mass is 32.5. The molecule has 0 aliphatic rings. The van der Waals surface area contributed by atoms with E-state index in [-0.39, 0.29) is 10.6 Å². The minimum Gasteiger partial charge on any atom is -0.424 e. The number of hydrogen-bond acceptors (Lipinski definition) is 6. The van der Waals surface area contributed by atoms with E-state index in [9.17, 15) is 8.42 Å². The molecule has 0 radical (unpaired) electrons. The van der Waals surface area contributed by atoms with Crippen molar-refractivity contribution in [2.45, 2.75) is 18.6 Å². The fourth-order valence-corrected chi connectivity index (χ4v) is 2.87. The Morgan fingerprint density at radius 3 is 2.21 bits per heavy atom.